The highest BCUT2D eigenvalue weighted by Gasteiger charge is 2.36. The number of benzene rings is 3. The monoisotopic (exact) mass is 553 g/mol. The van der Waals surface area contributed by atoms with Crippen molar-refractivity contribution in [3.05, 3.63) is 107 Å². The fourth-order valence-corrected chi connectivity index (χ4v) is 5.89. The highest BCUT2D eigenvalue weighted by molar-refractivity contribution is 8.26. The molecule has 4 aromatic rings. The maximum absolute atomic E-state index is 13.6. The largest absolute Gasteiger partial charge is 0.493 e. The molecule has 1 aromatic heterocycles. The van der Waals surface area contributed by atoms with Crippen LogP contribution in [-0.4, -0.2) is 31.5 Å². The van der Waals surface area contributed by atoms with Gasteiger partial charge < -0.3 is 4.74 Å². The molecular formula is C32H31N3O2S2. The third-order valence-corrected chi connectivity index (χ3v) is 7.89. The van der Waals surface area contributed by atoms with Crippen LogP contribution in [0, 0.1) is 12.8 Å². The van der Waals surface area contributed by atoms with Crippen LogP contribution in [0.2, 0.25) is 0 Å². The fourth-order valence-electron chi connectivity index (χ4n) is 4.48. The normalized spacial score (nSPS) is 15.4. The first-order chi connectivity index (χ1) is 18.8. The zero-order valence-electron chi connectivity index (χ0n) is 22.5. The van der Waals surface area contributed by atoms with E-state index >= 15 is 0 Å². The summed E-state index contributed by atoms with van der Waals surface area (Å²) in [5.74, 6) is 1.22. The molecule has 1 amide bonds. The Labute approximate surface area is 239 Å². The molecule has 1 unspecified atom stereocenters. The molecule has 7 heteroatoms. The molecule has 0 aliphatic carbocycles. The van der Waals surface area contributed by atoms with E-state index < -0.39 is 0 Å². The first-order valence-electron chi connectivity index (χ1n) is 13.0. The lowest BCUT2D eigenvalue weighted by molar-refractivity contribution is -0.123. The van der Waals surface area contributed by atoms with E-state index in [2.05, 4.69) is 19.9 Å². The first-order valence-corrected chi connectivity index (χ1v) is 14.2. The average molecular weight is 554 g/mol. The van der Waals surface area contributed by atoms with Crippen LogP contribution >= 0.6 is 24.0 Å². The number of thiocarbonyl (C=S) groups is 1. The van der Waals surface area contributed by atoms with Gasteiger partial charge in [-0.1, -0.05) is 86.4 Å². The maximum Gasteiger partial charge on any atom is 0.266 e. The molecule has 1 fully saturated rings. The molecule has 198 valence electrons. The summed E-state index contributed by atoms with van der Waals surface area (Å²) in [4.78, 5) is 15.9. The zero-order chi connectivity index (χ0) is 27.5. The van der Waals surface area contributed by atoms with Gasteiger partial charge in [0.1, 0.15) is 15.8 Å². The quantitative estimate of drug-likeness (QED) is 0.164. The van der Waals surface area contributed by atoms with Gasteiger partial charge in [-0.05, 0) is 67.3 Å². The fraction of sp³-hybridized carbons (Fsp3) is 0.219. The van der Waals surface area contributed by atoms with Gasteiger partial charge in [0.2, 0.25) is 0 Å². The predicted octanol–water partition coefficient (Wildman–Crippen LogP) is 7.84. The van der Waals surface area contributed by atoms with Gasteiger partial charge in [0, 0.05) is 17.3 Å². The van der Waals surface area contributed by atoms with E-state index in [-0.39, 0.29) is 11.9 Å². The van der Waals surface area contributed by atoms with Crippen molar-refractivity contribution in [3.8, 4) is 22.7 Å². The first kappa shape index (κ1) is 26.9. The second-order valence-electron chi connectivity index (χ2n) is 10.0. The smallest absolute Gasteiger partial charge is 0.266 e. The van der Waals surface area contributed by atoms with Crippen LogP contribution in [0.15, 0.2) is 90.0 Å². The predicted molar refractivity (Wildman–Crippen MR) is 164 cm³/mol. The van der Waals surface area contributed by atoms with Crippen LogP contribution in [0.25, 0.3) is 23.0 Å². The Morgan fingerprint density at radius 1 is 1.00 bits per heavy atom. The molecule has 1 aliphatic rings. The SMILES string of the molecule is Cc1cc(-c2nn(-c3ccccc3)cc2/C=C2\SC(=S)N(C(C)c3ccccc3)C2=O)ccc1OCC(C)C. The van der Waals surface area contributed by atoms with Crippen LogP contribution in [0.5, 0.6) is 5.75 Å². The standard InChI is InChI=1S/C32H31N3O2S2/c1-21(2)20-37-28-16-15-25(17-22(28)3)30-26(19-34(33-30)27-13-9-6-10-14-27)18-29-31(36)35(32(38)39-29)23(4)24-11-7-5-8-12-24/h5-19,21,23H,20H2,1-4H3/b29-18-. The molecule has 0 N–H and O–H groups in total. The number of hydrogen-bond acceptors (Lipinski definition) is 5. The van der Waals surface area contributed by atoms with Crippen molar-refractivity contribution >= 4 is 40.3 Å². The minimum Gasteiger partial charge on any atom is -0.493 e. The van der Waals surface area contributed by atoms with Gasteiger partial charge in [-0.25, -0.2) is 4.68 Å². The molecule has 0 bridgehead atoms. The number of ether oxygens (including phenoxy) is 1. The minimum absolute atomic E-state index is 0.0895. The third kappa shape index (κ3) is 5.84. The molecular weight excluding hydrogens is 523 g/mol. The van der Waals surface area contributed by atoms with Gasteiger partial charge in [0.15, 0.2) is 0 Å². The van der Waals surface area contributed by atoms with Crippen LogP contribution < -0.4 is 4.74 Å². The maximum atomic E-state index is 13.6. The van der Waals surface area contributed by atoms with Crippen molar-refractivity contribution in [2.75, 3.05) is 6.61 Å². The summed E-state index contributed by atoms with van der Waals surface area (Å²) < 4.78 is 8.40. The number of hydrogen-bond donors (Lipinski definition) is 0. The summed E-state index contributed by atoms with van der Waals surface area (Å²) in [5.41, 5.74) is 5.62. The molecule has 39 heavy (non-hydrogen) atoms. The molecule has 0 radical (unpaired) electrons. The molecule has 1 aliphatic heterocycles. The molecule has 1 saturated heterocycles. The summed E-state index contributed by atoms with van der Waals surface area (Å²) in [6.07, 6.45) is 3.88. The van der Waals surface area contributed by atoms with Crippen molar-refractivity contribution in [2.45, 2.75) is 33.7 Å². The summed E-state index contributed by atoms with van der Waals surface area (Å²) in [5, 5.41) is 4.95. The summed E-state index contributed by atoms with van der Waals surface area (Å²) >= 11 is 7.00. The Kier molecular flexibility index (Phi) is 8.00. The van der Waals surface area contributed by atoms with E-state index in [1.807, 2.05) is 104 Å². The lowest BCUT2D eigenvalue weighted by atomic mass is 10.0. The van der Waals surface area contributed by atoms with E-state index in [1.165, 1.54) is 11.8 Å². The number of aryl methyl sites for hydroxylation is 1. The second-order valence-corrected chi connectivity index (χ2v) is 11.7. The second kappa shape index (κ2) is 11.6. The van der Waals surface area contributed by atoms with Crippen molar-refractivity contribution in [1.82, 2.24) is 14.7 Å². The summed E-state index contributed by atoms with van der Waals surface area (Å²) in [6.45, 7) is 8.99. The van der Waals surface area contributed by atoms with E-state index in [0.717, 1.165) is 39.4 Å². The molecule has 5 rings (SSSR count). The molecule has 5 nitrogen and oxygen atoms in total. The number of aromatic nitrogens is 2. The molecule has 0 saturated carbocycles. The number of para-hydroxylation sites is 1. The molecule has 0 spiro atoms. The van der Waals surface area contributed by atoms with Gasteiger partial charge in [-0.3, -0.25) is 9.69 Å². The molecule has 3 aromatic carbocycles. The van der Waals surface area contributed by atoms with Crippen LogP contribution in [-0.2, 0) is 4.79 Å². The Bertz CT molecular complexity index is 1530. The van der Waals surface area contributed by atoms with Gasteiger partial charge in [-0.2, -0.15) is 5.10 Å². The number of thioether (sulfide) groups is 1. The molecule has 2 heterocycles. The van der Waals surface area contributed by atoms with E-state index in [9.17, 15) is 4.79 Å². The zero-order valence-corrected chi connectivity index (χ0v) is 24.1. The summed E-state index contributed by atoms with van der Waals surface area (Å²) in [6, 6.07) is 25.9. The number of carbonyl (C=O) groups excluding carboxylic acids is 1. The van der Waals surface area contributed by atoms with Crippen LogP contribution in [0.3, 0.4) is 0 Å². The number of nitrogens with zero attached hydrogens (tertiary/aromatic N) is 3. The van der Waals surface area contributed by atoms with Crippen molar-refractivity contribution < 1.29 is 9.53 Å². The van der Waals surface area contributed by atoms with Gasteiger partial charge in [0.05, 0.1) is 23.2 Å². The van der Waals surface area contributed by atoms with Gasteiger partial charge in [-0.15, -0.1) is 0 Å². The van der Waals surface area contributed by atoms with E-state index in [1.54, 1.807) is 4.90 Å². The number of carbonyl (C=O) groups is 1. The average Bonchev–Trinajstić information content (AvgIpc) is 3.48. The number of amides is 1. The Hall–Kier alpha value is -3.68. The van der Waals surface area contributed by atoms with Gasteiger partial charge >= 0.3 is 0 Å². The lowest BCUT2D eigenvalue weighted by Gasteiger charge is -2.23. The Balaban J connectivity index is 1.52. The van der Waals surface area contributed by atoms with Crippen LogP contribution in [0.1, 0.15) is 43.5 Å². The lowest BCUT2D eigenvalue weighted by Crippen LogP contribution is -2.30. The van der Waals surface area contributed by atoms with Crippen LogP contribution in [0.4, 0.5) is 0 Å². The van der Waals surface area contributed by atoms with Crippen molar-refractivity contribution in [2.24, 2.45) is 5.92 Å². The Morgan fingerprint density at radius 2 is 1.69 bits per heavy atom. The highest BCUT2D eigenvalue weighted by atomic mass is 32.2. The van der Waals surface area contributed by atoms with Crippen molar-refractivity contribution in [3.63, 3.8) is 0 Å². The third-order valence-electron chi connectivity index (χ3n) is 6.56. The van der Waals surface area contributed by atoms with Gasteiger partial charge in [0.25, 0.3) is 5.91 Å². The summed E-state index contributed by atoms with van der Waals surface area (Å²) in [7, 11) is 0. The highest BCUT2D eigenvalue weighted by Crippen LogP contribution is 2.39. The molecule has 1 atom stereocenters. The topological polar surface area (TPSA) is 47.4 Å². The van der Waals surface area contributed by atoms with E-state index in [4.69, 9.17) is 22.1 Å². The van der Waals surface area contributed by atoms with Crippen molar-refractivity contribution in [1.29, 1.82) is 0 Å². The minimum atomic E-state index is -0.155. The number of rotatable bonds is 8. The van der Waals surface area contributed by atoms with E-state index in [0.29, 0.717) is 21.8 Å². The Morgan fingerprint density at radius 3 is 2.36 bits per heavy atom.